The number of aryl methyl sites for hydroxylation is 1. The van der Waals surface area contributed by atoms with E-state index in [1.807, 2.05) is 0 Å². The number of thiophene rings is 1. The Balaban J connectivity index is 2.02. The van der Waals surface area contributed by atoms with Crippen molar-refractivity contribution in [1.29, 1.82) is 0 Å². The van der Waals surface area contributed by atoms with Gasteiger partial charge < -0.3 is 20.8 Å². The highest BCUT2D eigenvalue weighted by atomic mass is 32.1. The van der Waals surface area contributed by atoms with Crippen LogP contribution in [-0.4, -0.2) is 34.9 Å². The molecule has 0 aliphatic rings. The molecule has 0 atom stereocenters. The third-order valence-corrected chi connectivity index (χ3v) is 5.06. The number of nitrogens with one attached hydrogen (secondary N) is 2. The Morgan fingerprint density at radius 2 is 2.00 bits per heavy atom. The number of hydrogen-bond donors (Lipinski definition) is 3. The number of rotatable bonds is 5. The van der Waals surface area contributed by atoms with Crippen LogP contribution < -0.4 is 16.6 Å². The summed E-state index contributed by atoms with van der Waals surface area (Å²) in [5.74, 6) is -1.50. The number of hydrogen-bond acceptors (Lipinski definition) is 7. The van der Waals surface area contributed by atoms with Gasteiger partial charge in [0.1, 0.15) is 15.5 Å². The second-order valence-corrected chi connectivity index (χ2v) is 6.87. The number of nitrogens with zero attached hydrogens (tertiary/aromatic N) is 1. The number of para-hydroxylation sites is 1. The number of esters is 1. The Labute approximate surface area is 162 Å². The summed E-state index contributed by atoms with van der Waals surface area (Å²) in [6.07, 6.45) is -0.286. The van der Waals surface area contributed by atoms with Crippen LogP contribution in [0.3, 0.4) is 0 Å². The van der Waals surface area contributed by atoms with Gasteiger partial charge in [-0.1, -0.05) is 12.1 Å². The average Bonchev–Trinajstić information content (AvgIpc) is 2.99. The third kappa shape index (κ3) is 3.62. The molecule has 144 valence electrons. The largest absolute Gasteiger partial charge is 0.465 e. The van der Waals surface area contributed by atoms with Crippen LogP contribution in [0, 0.1) is 6.92 Å². The van der Waals surface area contributed by atoms with Crippen molar-refractivity contribution in [1.82, 2.24) is 9.97 Å². The van der Waals surface area contributed by atoms with Crippen molar-refractivity contribution < 1.29 is 19.1 Å². The fourth-order valence-electron chi connectivity index (χ4n) is 2.76. The zero-order valence-electron chi connectivity index (χ0n) is 15.0. The number of ether oxygens (including phenoxy) is 1. The van der Waals surface area contributed by atoms with Gasteiger partial charge in [-0.15, -0.1) is 11.3 Å². The molecule has 0 aliphatic carbocycles. The van der Waals surface area contributed by atoms with E-state index < -0.39 is 23.3 Å². The van der Waals surface area contributed by atoms with Gasteiger partial charge >= 0.3 is 5.97 Å². The van der Waals surface area contributed by atoms with Crippen molar-refractivity contribution in [2.45, 2.75) is 13.3 Å². The molecule has 0 saturated carbocycles. The Kier molecular flexibility index (Phi) is 5.23. The van der Waals surface area contributed by atoms with Crippen molar-refractivity contribution in [3.8, 4) is 0 Å². The summed E-state index contributed by atoms with van der Waals surface area (Å²) < 4.78 is 4.77. The summed E-state index contributed by atoms with van der Waals surface area (Å²) in [5, 5.41) is 2.75. The number of primary amides is 1. The number of nitrogens with two attached hydrogens (primary N) is 1. The van der Waals surface area contributed by atoms with Crippen molar-refractivity contribution in [3.63, 3.8) is 0 Å². The molecular weight excluding hydrogens is 384 g/mol. The van der Waals surface area contributed by atoms with Gasteiger partial charge in [-0.3, -0.25) is 14.4 Å². The molecule has 3 rings (SSSR count). The van der Waals surface area contributed by atoms with E-state index in [4.69, 9.17) is 10.5 Å². The number of amides is 2. The van der Waals surface area contributed by atoms with Gasteiger partial charge in [-0.25, -0.2) is 9.78 Å². The van der Waals surface area contributed by atoms with Gasteiger partial charge in [0, 0.05) is 5.56 Å². The third-order valence-electron chi connectivity index (χ3n) is 3.95. The lowest BCUT2D eigenvalue weighted by molar-refractivity contribution is -0.115. The van der Waals surface area contributed by atoms with E-state index in [1.54, 1.807) is 19.1 Å². The van der Waals surface area contributed by atoms with Crippen LogP contribution in [0.1, 0.15) is 31.4 Å². The average molecular weight is 400 g/mol. The lowest BCUT2D eigenvalue weighted by Crippen LogP contribution is -2.21. The number of carbonyl (C=O) groups is 3. The lowest BCUT2D eigenvalue weighted by Gasteiger charge is -2.09. The monoisotopic (exact) mass is 400 g/mol. The number of anilines is 1. The molecule has 0 fully saturated rings. The summed E-state index contributed by atoms with van der Waals surface area (Å²) in [6.45, 7) is 1.62. The molecule has 3 aromatic rings. The van der Waals surface area contributed by atoms with Crippen LogP contribution in [0.25, 0.3) is 10.2 Å². The predicted molar refractivity (Wildman–Crippen MR) is 104 cm³/mol. The van der Waals surface area contributed by atoms with Crippen LogP contribution in [0.2, 0.25) is 0 Å². The van der Waals surface area contributed by atoms with Crippen LogP contribution in [0.4, 0.5) is 5.69 Å². The number of aromatic nitrogens is 2. The lowest BCUT2D eigenvalue weighted by atomic mass is 10.1. The van der Waals surface area contributed by atoms with E-state index in [2.05, 4.69) is 15.3 Å². The molecule has 0 radical (unpaired) electrons. The Morgan fingerprint density at radius 1 is 1.29 bits per heavy atom. The maximum Gasteiger partial charge on any atom is 0.348 e. The number of fused-ring (bicyclic) bond motifs is 1. The molecular formula is C18H16N4O5S. The minimum Gasteiger partial charge on any atom is -0.465 e. The fraction of sp³-hybridized carbons (Fsp3) is 0.167. The highest BCUT2D eigenvalue weighted by Crippen LogP contribution is 2.29. The van der Waals surface area contributed by atoms with Crippen LogP contribution >= 0.6 is 11.3 Å². The highest BCUT2D eigenvalue weighted by molar-refractivity contribution is 7.20. The van der Waals surface area contributed by atoms with Crippen molar-refractivity contribution in [2.24, 2.45) is 5.73 Å². The van der Waals surface area contributed by atoms with Gasteiger partial charge in [-0.05, 0) is 19.1 Å². The summed E-state index contributed by atoms with van der Waals surface area (Å²) in [5.41, 5.74) is 5.47. The first kappa shape index (κ1) is 19.2. The standard InChI is InChI=1S/C18H16N4O5S/c1-8-20-16(25)13-10(14(18(26)27-2)28-17(13)21-8)7-12(23)22-11-6-4-3-5-9(11)15(19)24/h3-6H,7H2,1-2H3,(H2,19,24)(H,22,23)(H,20,21,25). The first-order chi connectivity index (χ1) is 13.3. The highest BCUT2D eigenvalue weighted by Gasteiger charge is 2.24. The minimum atomic E-state index is -0.691. The molecule has 4 N–H and O–H groups in total. The Hall–Kier alpha value is -3.53. The molecule has 1 aromatic carbocycles. The number of benzene rings is 1. The van der Waals surface area contributed by atoms with E-state index in [1.165, 1.54) is 19.2 Å². The molecule has 9 nitrogen and oxygen atoms in total. The Morgan fingerprint density at radius 3 is 2.68 bits per heavy atom. The van der Waals surface area contributed by atoms with Gasteiger partial charge in [0.25, 0.3) is 11.5 Å². The van der Waals surface area contributed by atoms with Gasteiger partial charge in [0.05, 0.1) is 30.2 Å². The quantitative estimate of drug-likeness (QED) is 0.552. The van der Waals surface area contributed by atoms with E-state index >= 15 is 0 Å². The number of aromatic amines is 1. The molecule has 2 heterocycles. The van der Waals surface area contributed by atoms with Crippen molar-refractivity contribution in [3.05, 3.63) is 56.4 Å². The number of H-pyrrole nitrogens is 1. The summed E-state index contributed by atoms with van der Waals surface area (Å²) in [6, 6.07) is 6.27. The molecule has 28 heavy (non-hydrogen) atoms. The van der Waals surface area contributed by atoms with Crippen LogP contribution in [0.5, 0.6) is 0 Å². The molecule has 0 saturated heterocycles. The molecule has 2 amide bonds. The topological polar surface area (TPSA) is 144 Å². The van der Waals surface area contributed by atoms with Crippen molar-refractivity contribution >= 4 is 45.0 Å². The predicted octanol–water partition coefficient (Wildman–Crippen LogP) is 1.36. The number of methoxy groups -OCH3 is 1. The maximum atomic E-state index is 12.6. The van der Waals surface area contributed by atoms with E-state index in [0.29, 0.717) is 10.7 Å². The zero-order chi connectivity index (χ0) is 20.4. The normalized spacial score (nSPS) is 10.6. The smallest absolute Gasteiger partial charge is 0.348 e. The van der Waals surface area contributed by atoms with E-state index in [9.17, 15) is 19.2 Å². The summed E-state index contributed by atoms with van der Waals surface area (Å²) in [7, 11) is 1.21. The minimum absolute atomic E-state index is 0.124. The molecule has 0 spiro atoms. The maximum absolute atomic E-state index is 12.6. The second kappa shape index (κ2) is 7.61. The second-order valence-electron chi connectivity index (χ2n) is 5.87. The molecule has 2 aromatic heterocycles. The fourth-order valence-corrected chi connectivity index (χ4v) is 3.92. The van der Waals surface area contributed by atoms with E-state index in [0.717, 1.165) is 11.3 Å². The van der Waals surface area contributed by atoms with Crippen molar-refractivity contribution in [2.75, 3.05) is 12.4 Å². The molecule has 10 heteroatoms. The number of carbonyl (C=O) groups excluding carboxylic acids is 3. The first-order valence-corrected chi connectivity index (χ1v) is 8.92. The SMILES string of the molecule is COC(=O)c1sc2nc(C)[nH]c(=O)c2c1CC(=O)Nc1ccccc1C(N)=O. The summed E-state index contributed by atoms with van der Waals surface area (Å²) in [4.78, 5) is 55.9. The van der Waals surface area contributed by atoms with Gasteiger partial charge in [0.15, 0.2) is 0 Å². The molecule has 0 unspecified atom stereocenters. The Bertz CT molecular complexity index is 1160. The van der Waals surface area contributed by atoms with Crippen LogP contribution in [0.15, 0.2) is 29.1 Å². The molecule has 0 bridgehead atoms. The zero-order valence-corrected chi connectivity index (χ0v) is 15.8. The summed E-state index contributed by atoms with van der Waals surface area (Å²) >= 11 is 0.981. The van der Waals surface area contributed by atoms with E-state index in [-0.39, 0.29) is 33.5 Å². The van der Waals surface area contributed by atoms with Crippen LogP contribution in [-0.2, 0) is 16.0 Å². The molecule has 0 aliphatic heterocycles. The first-order valence-electron chi connectivity index (χ1n) is 8.11. The van der Waals surface area contributed by atoms with Gasteiger partial charge in [-0.2, -0.15) is 0 Å². The van der Waals surface area contributed by atoms with Gasteiger partial charge in [0.2, 0.25) is 5.91 Å².